The molecule has 19 heavy (non-hydrogen) atoms. The lowest BCUT2D eigenvalue weighted by Crippen LogP contribution is -2.12. The molecule has 0 fully saturated rings. The second-order valence-electron chi connectivity index (χ2n) is 4.81. The van der Waals surface area contributed by atoms with Gasteiger partial charge in [-0.1, -0.05) is 48.5 Å². The summed E-state index contributed by atoms with van der Waals surface area (Å²) in [6, 6.07) is 17.9. The summed E-state index contributed by atoms with van der Waals surface area (Å²) in [7, 11) is 0. The van der Waals surface area contributed by atoms with Gasteiger partial charge < -0.3 is 5.73 Å². The van der Waals surface area contributed by atoms with Crippen LogP contribution < -0.4 is 5.73 Å². The highest BCUT2D eigenvalue weighted by Crippen LogP contribution is 2.18. The smallest absolute Gasteiger partial charge is 0.159 e. The van der Waals surface area contributed by atoms with E-state index >= 15 is 0 Å². The van der Waals surface area contributed by atoms with Crippen molar-refractivity contribution in [3.05, 3.63) is 71.3 Å². The Labute approximate surface area is 114 Å². The van der Waals surface area contributed by atoms with Crippen LogP contribution in [0.4, 0.5) is 0 Å². The van der Waals surface area contributed by atoms with E-state index in [2.05, 4.69) is 12.1 Å². The summed E-state index contributed by atoms with van der Waals surface area (Å²) in [4.78, 5) is 11.4. The highest BCUT2D eigenvalue weighted by Gasteiger charge is 2.08. The van der Waals surface area contributed by atoms with Gasteiger partial charge in [0.2, 0.25) is 0 Å². The van der Waals surface area contributed by atoms with Crippen LogP contribution in [0.1, 0.15) is 40.9 Å². The topological polar surface area (TPSA) is 43.1 Å². The second-order valence-corrected chi connectivity index (χ2v) is 4.81. The van der Waals surface area contributed by atoms with Crippen LogP contribution in [0.2, 0.25) is 0 Å². The van der Waals surface area contributed by atoms with Gasteiger partial charge in [0.05, 0.1) is 0 Å². The Bertz CT molecular complexity index is 548. The molecule has 0 spiro atoms. The van der Waals surface area contributed by atoms with Crippen molar-refractivity contribution in [3.8, 4) is 0 Å². The van der Waals surface area contributed by atoms with Crippen molar-refractivity contribution in [2.45, 2.75) is 25.8 Å². The van der Waals surface area contributed by atoms with E-state index < -0.39 is 0 Å². The zero-order valence-electron chi connectivity index (χ0n) is 11.2. The molecule has 0 aromatic heterocycles. The molecule has 0 aliphatic carbocycles. The van der Waals surface area contributed by atoms with Crippen molar-refractivity contribution in [3.63, 3.8) is 0 Å². The molecule has 0 bridgehead atoms. The van der Waals surface area contributed by atoms with Crippen LogP contribution in [0, 0.1) is 0 Å². The minimum atomic E-state index is -0.0282. The fraction of sp³-hybridized carbons (Fsp3) is 0.235. The third-order valence-electron chi connectivity index (χ3n) is 3.31. The number of aryl methyl sites for hydroxylation is 1. The summed E-state index contributed by atoms with van der Waals surface area (Å²) in [6.07, 6.45) is 1.83. The van der Waals surface area contributed by atoms with Gasteiger partial charge in [-0.05, 0) is 37.0 Å². The second kappa shape index (κ2) is 6.30. The molecular weight excluding hydrogens is 234 g/mol. The Morgan fingerprint density at radius 3 is 2.53 bits per heavy atom. The molecule has 2 rings (SSSR count). The van der Waals surface area contributed by atoms with Crippen LogP contribution in [-0.2, 0) is 6.42 Å². The van der Waals surface area contributed by atoms with E-state index in [1.165, 1.54) is 5.56 Å². The van der Waals surface area contributed by atoms with Gasteiger partial charge >= 0.3 is 0 Å². The third kappa shape index (κ3) is 3.76. The first-order valence-corrected chi connectivity index (χ1v) is 6.57. The maximum Gasteiger partial charge on any atom is 0.159 e. The van der Waals surface area contributed by atoms with Gasteiger partial charge in [0.15, 0.2) is 5.78 Å². The molecule has 2 N–H and O–H groups in total. The maximum absolute atomic E-state index is 11.4. The van der Waals surface area contributed by atoms with E-state index in [1.807, 2.05) is 42.5 Å². The number of nitrogens with two attached hydrogens (primary N) is 1. The summed E-state index contributed by atoms with van der Waals surface area (Å²) >= 11 is 0. The zero-order valence-corrected chi connectivity index (χ0v) is 11.2. The predicted molar refractivity (Wildman–Crippen MR) is 78.1 cm³/mol. The maximum atomic E-state index is 11.4. The number of hydrogen-bond donors (Lipinski definition) is 1. The fourth-order valence-electron chi connectivity index (χ4n) is 2.12. The van der Waals surface area contributed by atoms with Crippen LogP contribution in [-0.4, -0.2) is 5.78 Å². The van der Waals surface area contributed by atoms with Crippen molar-refractivity contribution >= 4 is 5.78 Å². The van der Waals surface area contributed by atoms with Gasteiger partial charge in [-0.15, -0.1) is 0 Å². The molecule has 2 heteroatoms. The number of benzene rings is 2. The summed E-state index contributed by atoms with van der Waals surface area (Å²) in [5.74, 6) is 0.0807. The summed E-state index contributed by atoms with van der Waals surface area (Å²) in [5.41, 5.74) is 9.25. The monoisotopic (exact) mass is 253 g/mol. The minimum absolute atomic E-state index is 0.0282. The van der Waals surface area contributed by atoms with Crippen molar-refractivity contribution in [2.24, 2.45) is 5.73 Å². The van der Waals surface area contributed by atoms with Crippen LogP contribution in [0.25, 0.3) is 0 Å². The number of Topliss-reactive ketones (excluding diaryl/α,β-unsaturated/α-hetero) is 1. The molecule has 2 aromatic rings. The Morgan fingerprint density at radius 2 is 1.84 bits per heavy atom. The largest absolute Gasteiger partial charge is 0.324 e. The zero-order chi connectivity index (χ0) is 13.7. The van der Waals surface area contributed by atoms with E-state index in [1.54, 1.807) is 6.92 Å². The van der Waals surface area contributed by atoms with Crippen molar-refractivity contribution in [1.29, 1.82) is 0 Å². The Balaban J connectivity index is 2.02. The summed E-state index contributed by atoms with van der Waals surface area (Å²) in [5, 5.41) is 0. The van der Waals surface area contributed by atoms with Crippen molar-refractivity contribution < 1.29 is 4.79 Å². The predicted octanol–water partition coefficient (Wildman–Crippen LogP) is 3.52. The van der Waals surface area contributed by atoms with Crippen molar-refractivity contribution in [1.82, 2.24) is 0 Å². The number of carbonyl (C=O) groups is 1. The average molecular weight is 253 g/mol. The molecule has 0 saturated heterocycles. The van der Waals surface area contributed by atoms with Gasteiger partial charge in [-0.25, -0.2) is 0 Å². The molecule has 2 nitrogen and oxygen atoms in total. The lowest BCUT2D eigenvalue weighted by molar-refractivity contribution is 0.101. The third-order valence-corrected chi connectivity index (χ3v) is 3.31. The fourth-order valence-corrected chi connectivity index (χ4v) is 2.12. The first-order valence-electron chi connectivity index (χ1n) is 6.57. The minimum Gasteiger partial charge on any atom is -0.324 e. The van der Waals surface area contributed by atoms with Crippen LogP contribution in [0.5, 0.6) is 0 Å². The van der Waals surface area contributed by atoms with Crippen LogP contribution in [0.3, 0.4) is 0 Å². The number of carbonyl (C=O) groups excluding carboxylic acids is 1. The highest BCUT2D eigenvalue weighted by molar-refractivity contribution is 5.94. The molecule has 2 aromatic carbocycles. The average Bonchev–Trinajstić information content (AvgIpc) is 2.46. The standard InChI is InChI=1S/C17H19NO/c1-13(19)15-8-5-9-16(12-15)17(18)11-10-14-6-3-2-4-7-14/h2-9,12,17H,10-11,18H2,1H3/t17-/m0/s1. The molecule has 0 amide bonds. The summed E-state index contributed by atoms with van der Waals surface area (Å²) < 4.78 is 0. The van der Waals surface area contributed by atoms with Gasteiger partial charge in [0.1, 0.15) is 0 Å². The number of ketones is 1. The molecule has 98 valence electrons. The molecule has 0 aliphatic heterocycles. The molecule has 0 saturated carbocycles. The number of rotatable bonds is 5. The highest BCUT2D eigenvalue weighted by atomic mass is 16.1. The molecule has 0 radical (unpaired) electrons. The lowest BCUT2D eigenvalue weighted by Gasteiger charge is -2.12. The van der Waals surface area contributed by atoms with E-state index in [9.17, 15) is 4.79 Å². The summed E-state index contributed by atoms with van der Waals surface area (Å²) in [6.45, 7) is 1.58. The number of hydrogen-bond acceptors (Lipinski definition) is 2. The Hall–Kier alpha value is -1.93. The Kier molecular flexibility index (Phi) is 4.48. The lowest BCUT2D eigenvalue weighted by atomic mass is 9.97. The molecule has 0 unspecified atom stereocenters. The molecule has 0 aliphatic rings. The molecule has 1 atom stereocenters. The normalized spacial score (nSPS) is 12.1. The molecule has 0 heterocycles. The van der Waals surface area contributed by atoms with Gasteiger partial charge in [0.25, 0.3) is 0 Å². The van der Waals surface area contributed by atoms with E-state index in [0.29, 0.717) is 0 Å². The first kappa shape index (κ1) is 13.5. The van der Waals surface area contributed by atoms with E-state index in [0.717, 1.165) is 24.0 Å². The van der Waals surface area contributed by atoms with Gasteiger partial charge in [-0.3, -0.25) is 4.79 Å². The van der Waals surface area contributed by atoms with E-state index in [-0.39, 0.29) is 11.8 Å². The Morgan fingerprint density at radius 1 is 1.11 bits per heavy atom. The molecular formula is C17H19NO. The van der Waals surface area contributed by atoms with Gasteiger partial charge in [-0.2, -0.15) is 0 Å². The van der Waals surface area contributed by atoms with Gasteiger partial charge in [0, 0.05) is 11.6 Å². The van der Waals surface area contributed by atoms with Crippen molar-refractivity contribution in [2.75, 3.05) is 0 Å². The first-order chi connectivity index (χ1) is 9.16. The quantitative estimate of drug-likeness (QED) is 0.828. The van der Waals surface area contributed by atoms with E-state index in [4.69, 9.17) is 5.73 Å². The van der Waals surface area contributed by atoms with Crippen LogP contribution in [0.15, 0.2) is 54.6 Å². The van der Waals surface area contributed by atoms with Crippen LogP contribution >= 0.6 is 0 Å². The SMILES string of the molecule is CC(=O)c1cccc([C@@H](N)CCc2ccccc2)c1.